The van der Waals surface area contributed by atoms with E-state index in [9.17, 15) is 9.59 Å². The summed E-state index contributed by atoms with van der Waals surface area (Å²) in [7, 11) is 0. The zero-order chi connectivity index (χ0) is 10.6. The lowest BCUT2D eigenvalue weighted by molar-refractivity contribution is -0.133. The van der Waals surface area contributed by atoms with E-state index in [2.05, 4.69) is 6.07 Å². The van der Waals surface area contributed by atoms with Gasteiger partial charge in [0.25, 0.3) is 0 Å². The summed E-state index contributed by atoms with van der Waals surface area (Å²) in [5.74, 6) is -0.151. The lowest BCUT2D eigenvalue weighted by atomic mass is 10.3. The largest absolute Gasteiger partial charge is 0.427 e. The quantitative estimate of drug-likeness (QED) is 0.525. The van der Waals surface area contributed by atoms with Crippen LogP contribution in [0.25, 0.3) is 0 Å². The Morgan fingerprint density at radius 2 is 1.79 bits per heavy atom. The van der Waals surface area contributed by atoms with Crippen LogP contribution in [0.4, 0.5) is 0 Å². The summed E-state index contributed by atoms with van der Waals surface area (Å²) in [5.41, 5.74) is 0. The van der Waals surface area contributed by atoms with Crippen molar-refractivity contribution in [3.8, 4) is 11.5 Å². The van der Waals surface area contributed by atoms with Crippen molar-refractivity contribution in [2.45, 2.75) is 13.8 Å². The van der Waals surface area contributed by atoms with Gasteiger partial charge < -0.3 is 9.47 Å². The zero-order valence-corrected chi connectivity index (χ0v) is 7.87. The van der Waals surface area contributed by atoms with E-state index < -0.39 is 11.9 Å². The molecule has 0 aliphatic heterocycles. The first-order valence-electron chi connectivity index (χ1n) is 3.96. The highest BCUT2D eigenvalue weighted by atomic mass is 16.5. The standard InChI is InChI=1S/C10H9O4/c1-7(11)13-9-3-5-10(6-4-9)14-8(2)12/h3-5H,1-2H3. The number of hydrogen-bond acceptors (Lipinski definition) is 4. The van der Waals surface area contributed by atoms with Gasteiger partial charge in [0.05, 0.1) is 0 Å². The van der Waals surface area contributed by atoms with Crippen LogP contribution in [0.3, 0.4) is 0 Å². The summed E-state index contributed by atoms with van der Waals surface area (Å²) in [5, 5.41) is 0. The third-order valence-electron chi connectivity index (χ3n) is 1.27. The lowest BCUT2D eigenvalue weighted by Crippen LogP contribution is -2.03. The second kappa shape index (κ2) is 4.41. The topological polar surface area (TPSA) is 52.6 Å². The second-order valence-electron chi connectivity index (χ2n) is 2.58. The molecule has 1 aromatic carbocycles. The van der Waals surface area contributed by atoms with Gasteiger partial charge in [-0.3, -0.25) is 9.59 Å². The third kappa shape index (κ3) is 3.26. The van der Waals surface area contributed by atoms with E-state index in [1.165, 1.54) is 32.0 Å². The Balaban J connectivity index is 2.68. The van der Waals surface area contributed by atoms with Crippen molar-refractivity contribution >= 4 is 11.9 Å². The molecular weight excluding hydrogens is 184 g/mol. The van der Waals surface area contributed by atoms with E-state index in [0.29, 0.717) is 11.5 Å². The summed E-state index contributed by atoms with van der Waals surface area (Å²) < 4.78 is 9.50. The molecule has 14 heavy (non-hydrogen) atoms. The molecular formula is C10H9O4. The van der Waals surface area contributed by atoms with Crippen molar-refractivity contribution in [3.63, 3.8) is 0 Å². The Bertz CT molecular complexity index is 305. The summed E-state index contributed by atoms with van der Waals surface area (Å²) in [6.45, 7) is 2.60. The van der Waals surface area contributed by atoms with Crippen molar-refractivity contribution in [3.05, 3.63) is 24.3 Å². The first-order chi connectivity index (χ1) is 6.58. The van der Waals surface area contributed by atoms with Gasteiger partial charge >= 0.3 is 11.9 Å². The molecule has 4 nitrogen and oxygen atoms in total. The maximum atomic E-state index is 10.6. The van der Waals surface area contributed by atoms with Crippen molar-refractivity contribution in [1.29, 1.82) is 0 Å². The molecule has 0 bridgehead atoms. The first-order valence-corrected chi connectivity index (χ1v) is 3.96. The third-order valence-corrected chi connectivity index (χ3v) is 1.27. The normalized spacial score (nSPS) is 9.29. The number of benzene rings is 1. The molecule has 0 aromatic heterocycles. The van der Waals surface area contributed by atoms with E-state index >= 15 is 0 Å². The second-order valence-corrected chi connectivity index (χ2v) is 2.58. The molecule has 0 fully saturated rings. The van der Waals surface area contributed by atoms with E-state index in [1.54, 1.807) is 0 Å². The molecule has 0 aliphatic rings. The van der Waals surface area contributed by atoms with Crippen molar-refractivity contribution < 1.29 is 19.1 Å². The number of carbonyl (C=O) groups excluding carboxylic acids is 2. The Morgan fingerprint density at radius 1 is 1.14 bits per heavy atom. The van der Waals surface area contributed by atoms with E-state index in [0.717, 1.165) is 0 Å². The maximum absolute atomic E-state index is 10.6. The Morgan fingerprint density at radius 3 is 2.21 bits per heavy atom. The van der Waals surface area contributed by atoms with Crippen LogP contribution >= 0.6 is 0 Å². The Labute approximate surface area is 81.4 Å². The molecule has 0 saturated heterocycles. The molecule has 0 saturated carbocycles. The minimum Gasteiger partial charge on any atom is -0.427 e. The van der Waals surface area contributed by atoms with Crippen LogP contribution in [0.15, 0.2) is 18.2 Å². The molecule has 0 spiro atoms. The van der Waals surface area contributed by atoms with Crippen LogP contribution in [0.2, 0.25) is 0 Å². The number of ether oxygens (including phenoxy) is 2. The maximum Gasteiger partial charge on any atom is 0.308 e. The Kier molecular flexibility index (Phi) is 3.23. The van der Waals surface area contributed by atoms with Gasteiger partial charge in [0.15, 0.2) is 0 Å². The summed E-state index contributed by atoms with van der Waals surface area (Å²) in [6, 6.07) is 7.11. The van der Waals surface area contributed by atoms with Gasteiger partial charge in [-0.05, 0) is 18.2 Å². The fraction of sp³-hybridized carbons (Fsp3) is 0.200. The van der Waals surface area contributed by atoms with Crippen LogP contribution in [0.1, 0.15) is 13.8 Å². The molecule has 1 aromatic rings. The van der Waals surface area contributed by atoms with Gasteiger partial charge in [-0.25, -0.2) is 0 Å². The molecule has 0 heterocycles. The lowest BCUT2D eigenvalue weighted by Gasteiger charge is -2.02. The van der Waals surface area contributed by atoms with Crippen LogP contribution < -0.4 is 9.47 Å². The molecule has 0 amide bonds. The zero-order valence-electron chi connectivity index (χ0n) is 7.87. The molecule has 1 radical (unpaired) electrons. The smallest absolute Gasteiger partial charge is 0.308 e. The molecule has 73 valence electrons. The summed E-state index contributed by atoms with van der Waals surface area (Å²) in [4.78, 5) is 21.1. The highest BCUT2D eigenvalue weighted by Crippen LogP contribution is 2.16. The van der Waals surface area contributed by atoms with Gasteiger partial charge in [-0.15, -0.1) is 0 Å². The van der Waals surface area contributed by atoms with Crippen LogP contribution in [0.5, 0.6) is 11.5 Å². The van der Waals surface area contributed by atoms with Crippen LogP contribution in [-0.2, 0) is 9.59 Å². The number of esters is 2. The van der Waals surface area contributed by atoms with Crippen molar-refractivity contribution in [1.82, 2.24) is 0 Å². The average Bonchev–Trinajstić information content (AvgIpc) is 2.06. The first kappa shape index (κ1) is 10.2. The average molecular weight is 193 g/mol. The van der Waals surface area contributed by atoms with Gasteiger partial charge in [0.2, 0.25) is 0 Å². The highest BCUT2D eigenvalue weighted by molar-refractivity contribution is 5.70. The van der Waals surface area contributed by atoms with Gasteiger partial charge in [-0.2, -0.15) is 0 Å². The molecule has 0 N–H and O–H groups in total. The molecule has 0 unspecified atom stereocenters. The van der Waals surface area contributed by atoms with Crippen molar-refractivity contribution in [2.24, 2.45) is 0 Å². The number of rotatable bonds is 2. The summed E-state index contributed by atoms with van der Waals surface area (Å²) >= 11 is 0. The fourth-order valence-corrected chi connectivity index (χ4v) is 0.844. The van der Waals surface area contributed by atoms with Crippen LogP contribution in [-0.4, -0.2) is 11.9 Å². The predicted octanol–water partition coefficient (Wildman–Crippen LogP) is 1.34. The van der Waals surface area contributed by atoms with E-state index in [-0.39, 0.29) is 0 Å². The van der Waals surface area contributed by atoms with E-state index in [4.69, 9.17) is 9.47 Å². The van der Waals surface area contributed by atoms with Crippen LogP contribution in [0, 0.1) is 6.07 Å². The summed E-state index contributed by atoms with van der Waals surface area (Å²) in [6.07, 6.45) is 0. The highest BCUT2D eigenvalue weighted by Gasteiger charge is 2.00. The fourth-order valence-electron chi connectivity index (χ4n) is 0.844. The van der Waals surface area contributed by atoms with Gasteiger partial charge in [-0.1, -0.05) is 0 Å². The molecule has 1 rings (SSSR count). The minimum absolute atomic E-state index is 0.299. The molecule has 0 atom stereocenters. The SMILES string of the molecule is CC(=O)Oc1[c]cc(OC(C)=O)cc1. The van der Waals surface area contributed by atoms with E-state index in [1.807, 2.05) is 0 Å². The monoisotopic (exact) mass is 193 g/mol. The van der Waals surface area contributed by atoms with Gasteiger partial charge in [0, 0.05) is 19.9 Å². The number of carbonyl (C=O) groups is 2. The predicted molar refractivity (Wildman–Crippen MR) is 47.9 cm³/mol. The van der Waals surface area contributed by atoms with Crippen molar-refractivity contribution in [2.75, 3.05) is 0 Å². The molecule has 0 aliphatic carbocycles. The number of hydrogen-bond donors (Lipinski definition) is 0. The Hall–Kier alpha value is -1.84. The molecule has 4 heteroatoms. The van der Waals surface area contributed by atoms with Gasteiger partial charge in [0.1, 0.15) is 11.5 Å². The minimum atomic E-state index is -0.415.